The van der Waals surface area contributed by atoms with Gasteiger partial charge >= 0.3 is 0 Å². The molecule has 0 N–H and O–H groups in total. The highest BCUT2D eigenvalue weighted by Gasteiger charge is 2.10. The number of hydrogen-bond acceptors (Lipinski definition) is 5. The average molecular weight is 407 g/mol. The second-order valence-corrected chi connectivity index (χ2v) is 7.19. The van der Waals surface area contributed by atoms with Gasteiger partial charge in [-0.15, -0.1) is 10.2 Å². The summed E-state index contributed by atoms with van der Waals surface area (Å²) in [7, 11) is 3.25. The Morgan fingerprint density at radius 3 is 2.42 bits per heavy atom. The van der Waals surface area contributed by atoms with Crippen LogP contribution in [0.4, 0.5) is 0 Å². The van der Waals surface area contributed by atoms with E-state index in [0.29, 0.717) is 21.5 Å². The second kappa shape index (κ2) is 8.62. The molecule has 0 atom stereocenters. The summed E-state index contributed by atoms with van der Waals surface area (Å²) in [6, 6.07) is 14.9. The zero-order chi connectivity index (χ0) is 18.5. The van der Waals surface area contributed by atoms with E-state index in [1.807, 2.05) is 42.5 Å². The van der Waals surface area contributed by atoms with Crippen molar-refractivity contribution in [3.8, 4) is 22.8 Å². The molecule has 2 aromatic carbocycles. The lowest BCUT2D eigenvalue weighted by Crippen LogP contribution is -1.94. The highest BCUT2D eigenvalue weighted by atomic mass is 35.5. The SMILES string of the molecule is COc1ccc(OC)c(-c2ccc(SCc3ccc(Cl)cc3Cl)nn2)c1. The molecule has 3 rings (SSSR count). The van der Waals surface area contributed by atoms with Crippen LogP contribution in [0.2, 0.25) is 10.0 Å². The molecule has 0 saturated heterocycles. The molecule has 0 saturated carbocycles. The Morgan fingerprint density at radius 1 is 0.923 bits per heavy atom. The number of benzene rings is 2. The van der Waals surface area contributed by atoms with E-state index in [2.05, 4.69) is 10.2 Å². The van der Waals surface area contributed by atoms with Gasteiger partial charge in [0, 0.05) is 21.4 Å². The van der Waals surface area contributed by atoms with Crippen molar-refractivity contribution in [3.05, 3.63) is 64.1 Å². The van der Waals surface area contributed by atoms with Crippen LogP contribution in [0.5, 0.6) is 11.5 Å². The quantitative estimate of drug-likeness (QED) is 0.486. The number of aromatic nitrogens is 2. The van der Waals surface area contributed by atoms with Gasteiger partial charge in [0.15, 0.2) is 0 Å². The minimum atomic E-state index is 0.625. The summed E-state index contributed by atoms with van der Waals surface area (Å²) < 4.78 is 10.7. The molecule has 3 aromatic rings. The number of ether oxygens (including phenoxy) is 2. The largest absolute Gasteiger partial charge is 0.497 e. The fraction of sp³-hybridized carbons (Fsp3) is 0.158. The molecular formula is C19H16Cl2N2O2S. The Balaban J connectivity index is 1.76. The molecule has 1 heterocycles. The van der Waals surface area contributed by atoms with Gasteiger partial charge in [-0.1, -0.05) is 41.0 Å². The number of nitrogens with zero attached hydrogens (tertiary/aromatic N) is 2. The van der Waals surface area contributed by atoms with E-state index in [1.165, 1.54) is 0 Å². The molecule has 0 spiro atoms. The first-order valence-corrected chi connectivity index (χ1v) is 9.47. The molecule has 1 aromatic heterocycles. The van der Waals surface area contributed by atoms with Crippen LogP contribution in [0.3, 0.4) is 0 Å². The summed E-state index contributed by atoms with van der Waals surface area (Å²) in [6.07, 6.45) is 0. The van der Waals surface area contributed by atoms with Crippen LogP contribution in [0, 0.1) is 0 Å². The zero-order valence-corrected chi connectivity index (χ0v) is 16.5. The van der Waals surface area contributed by atoms with Crippen LogP contribution in [0.15, 0.2) is 53.6 Å². The molecule has 0 fully saturated rings. The van der Waals surface area contributed by atoms with Crippen molar-refractivity contribution in [2.75, 3.05) is 14.2 Å². The first-order chi connectivity index (χ1) is 12.6. The van der Waals surface area contributed by atoms with Crippen molar-refractivity contribution < 1.29 is 9.47 Å². The Labute approximate surface area is 166 Å². The molecule has 0 aliphatic heterocycles. The maximum atomic E-state index is 6.20. The third kappa shape index (κ3) is 4.41. The molecule has 0 unspecified atom stereocenters. The fourth-order valence-corrected chi connectivity index (χ4v) is 3.72. The molecule has 4 nitrogen and oxygen atoms in total. The van der Waals surface area contributed by atoms with Gasteiger partial charge in [0.05, 0.1) is 19.9 Å². The van der Waals surface area contributed by atoms with Gasteiger partial charge in [-0.05, 0) is 48.0 Å². The van der Waals surface area contributed by atoms with Gasteiger partial charge < -0.3 is 9.47 Å². The summed E-state index contributed by atoms with van der Waals surface area (Å²) >= 11 is 13.7. The lowest BCUT2D eigenvalue weighted by atomic mass is 10.1. The monoisotopic (exact) mass is 406 g/mol. The summed E-state index contributed by atoms with van der Waals surface area (Å²) in [5.74, 6) is 2.14. The van der Waals surface area contributed by atoms with Crippen LogP contribution in [0.1, 0.15) is 5.56 Å². The number of thioether (sulfide) groups is 1. The molecule has 26 heavy (non-hydrogen) atoms. The number of methoxy groups -OCH3 is 2. The zero-order valence-electron chi connectivity index (χ0n) is 14.2. The lowest BCUT2D eigenvalue weighted by molar-refractivity contribution is 0.404. The van der Waals surface area contributed by atoms with Gasteiger partial charge in [-0.3, -0.25) is 0 Å². The van der Waals surface area contributed by atoms with Crippen LogP contribution < -0.4 is 9.47 Å². The van der Waals surface area contributed by atoms with Crippen LogP contribution in [0.25, 0.3) is 11.3 Å². The first kappa shape index (κ1) is 18.8. The topological polar surface area (TPSA) is 44.2 Å². The number of rotatable bonds is 6. The third-order valence-corrected chi connectivity index (χ3v) is 5.27. The van der Waals surface area contributed by atoms with E-state index in [0.717, 1.165) is 27.6 Å². The number of hydrogen-bond donors (Lipinski definition) is 0. The van der Waals surface area contributed by atoms with E-state index >= 15 is 0 Å². The molecule has 0 radical (unpaired) electrons. The van der Waals surface area contributed by atoms with Crippen LogP contribution >= 0.6 is 35.0 Å². The minimum Gasteiger partial charge on any atom is -0.497 e. The Hall–Kier alpha value is -1.95. The molecule has 0 aliphatic rings. The van der Waals surface area contributed by atoms with Gasteiger partial charge in [-0.25, -0.2) is 0 Å². The van der Waals surface area contributed by atoms with Gasteiger partial charge in [0.1, 0.15) is 16.5 Å². The molecule has 0 aliphatic carbocycles. The average Bonchev–Trinajstić information content (AvgIpc) is 2.67. The predicted octanol–water partition coefficient (Wildman–Crippen LogP) is 5.76. The third-order valence-electron chi connectivity index (χ3n) is 3.71. The molecule has 134 valence electrons. The maximum Gasteiger partial charge on any atom is 0.128 e. The van der Waals surface area contributed by atoms with Crippen LogP contribution in [-0.2, 0) is 5.75 Å². The number of halogens is 2. The lowest BCUT2D eigenvalue weighted by Gasteiger charge is -2.10. The fourth-order valence-electron chi connectivity index (χ4n) is 2.35. The van der Waals surface area contributed by atoms with E-state index in [-0.39, 0.29) is 0 Å². The smallest absolute Gasteiger partial charge is 0.128 e. The summed E-state index contributed by atoms with van der Waals surface area (Å²) in [5, 5.41) is 10.7. The summed E-state index contributed by atoms with van der Waals surface area (Å²) in [5.41, 5.74) is 2.55. The van der Waals surface area contributed by atoms with Crippen LogP contribution in [-0.4, -0.2) is 24.4 Å². The second-order valence-electron chi connectivity index (χ2n) is 5.35. The van der Waals surface area contributed by atoms with Crippen molar-refractivity contribution in [2.24, 2.45) is 0 Å². The van der Waals surface area contributed by atoms with Gasteiger partial charge in [0.25, 0.3) is 0 Å². The summed E-state index contributed by atoms with van der Waals surface area (Å²) in [6.45, 7) is 0. The highest BCUT2D eigenvalue weighted by molar-refractivity contribution is 7.98. The normalized spacial score (nSPS) is 10.6. The van der Waals surface area contributed by atoms with Gasteiger partial charge in [-0.2, -0.15) is 0 Å². The van der Waals surface area contributed by atoms with E-state index in [9.17, 15) is 0 Å². The van der Waals surface area contributed by atoms with Crippen molar-refractivity contribution in [1.82, 2.24) is 10.2 Å². The van der Waals surface area contributed by atoms with E-state index in [1.54, 1.807) is 32.0 Å². The maximum absolute atomic E-state index is 6.20. The molecule has 7 heteroatoms. The predicted molar refractivity (Wildman–Crippen MR) is 107 cm³/mol. The molecule has 0 amide bonds. The highest BCUT2D eigenvalue weighted by Crippen LogP contribution is 2.33. The van der Waals surface area contributed by atoms with E-state index < -0.39 is 0 Å². The molecule has 0 bridgehead atoms. The molecular weight excluding hydrogens is 391 g/mol. The Kier molecular flexibility index (Phi) is 6.25. The van der Waals surface area contributed by atoms with Crippen molar-refractivity contribution in [3.63, 3.8) is 0 Å². The van der Waals surface area contributed by atoms with Crippen molar-refractivity contribution >= 4 is 35.0 Å². The van der Waals surface area contributed by atoms with E-state index in [4.69, 9.17) is 32.7 Å². The van der Waals surface area contributed by atoms with Crippen molar-refractivity contribution in [2.45, 2.75) is 10.8 Å². The standard InChI is InChI=1S/C19H16Cl2N2O2S/c1-24-14-5-7-18(25-2)15(10-14)17-6-8-19(23-22-17)26-11-12-3-4-13(20)9-16(12)21/h3-10H,11H2,1-2H3. The minimum absolute atomic E-state index is 0.625. The Bertz CT molecular complexity index is 905. The Morgan fingerprint density at radius 2 is 1.77 bits per heavy atom. The first-order valence-electron chi connectivity index (χ1n) is 7.73. The van der Waals surface area contributed by atoms with Crippen molar-refractivity contribution in [1.29, 1.82) is 0 Å². The van der Waals surface area contributed by atoms with Gasteiger partial charge in [0.2, 0.25) is 0 Å². The summed E-state index contributed by atoms with van der Waals surface area (Å²) in [4.78, 5) is 0.